The molecule has 4 heteroatoms. The first kappa shape index (κ1) is 14.3. The zero-order valence-electron chi connectivity index (χ0n) is 11.8. The Morgan fingerprint density at radius 1 is 1.35 bits per heavy atom. The number of aryl methyl sites for hydroxylation is 2. The van der Waals surface area contributed by atoms with Crippen LogP contribution in [0.2, 0.25) is 4.34 Å². The third-order valence-electron chi connectivity index (χ3n) is 3.84. The quantitative estimate of drug-likeness (QED) is 0.700. The Morgan fingerprint density at radius 3 is 2.80 bits per heavy atom. The molecule has 1 aliphatic heterocycles. The molecule has 0 saturated carbocycles. The maximum Gasteiger partial charge on any atom is 0.0934 e. The van der Waals surface area contributed by atoms with Gasteiger partial charge in [0, 0.05) is 40.2 Å². The van der Waals surface area contributed by atoms with Crippen molar-refractivity contribution in [3.8, 4) is 0 Å². The summed E-state index contributed by atoms with van der Waals surface area (Å²) in [6, 6.07) is 4.52. The van der Waals surface area contributed by atoms with Crippen molar-refractivity contribution >= 4 is 34.3 Å². The van der Waals surface area contributed by atoms with Gasteiger partial charge in [0.05, 0.1) is 4.34 Å². The van der Waals surface area contributed by atoms with Crippen LogP contribution >= 0.6 is 34.3 Å². The van der Waals surface area contributed by atoms with Gasteiger partial charge < -0.3 is 0 Å². The Kier molecular flexibility index (Phi) is 4.04. The molecule has 0 aliphatic carbocycles. The van der Waals surface area contributed by atoms with Crippen molar-refractivity contribution in [2.75, 3.05) is 13.1 Å². The molecule has 2 aromatic heterocycles. The summed E-state index contributed by atoms with van der Waals surface area (Å²) >= 11 is 9.87. The zero-order valence-corrected chi connectivity index (χ0v) is 14.2. The van der Waals surface area contributed by atoms with Gasteiger partial charge in [-0.1, -0.05) is 17.7 Å². The SMILES string of the molecule is C=CCN1Cc2sc(Cl)cc2C(c2cc(C)sc2C)C1. The molecule has 0 bridgehead atoms. The Balaban J connectivity index is 2.04. The fourth-order valence-corrected chi connectivity index (χ4v) is 5.41. The van der Waals surface area contributed by atoms with Gasteiger partial charge in [0.2, 0.25) is 0 Å². The molecule has 0 fully saturated rings. The molecule has 0 aromatic carbocycles. The summed E-state index contributed by atoms with van der Waals surface area (Å²) < 4.78 is 0.907. The lowest BCUT2D eigenvalue weighted by Gasteiger charge is -2.32. The maximum absolute atomic E-state index is 6.26. The number of nitrogens with zero attached hydrogens (tertiary/aromatic N) is 1. The van der Waals surface area contributed by atoms with Crippen LogP contribution in [0.5, 0.6) is 0 Å². The van der Waals surface area contributed by atoms with Gasteiger partial charge in [0.15, 0.2) is 0 Å². The highest BCUT2D eigenvalue weighted by Gasteiger charge is 2.29. The van der Waals surface area contributed by atoms with E-state index in [4.69, 9.17) is 11.6 Å². The van der Waals surface area contributed by atoms with Crippen LogP contribution in [0.15, 0.2) is 24.8 Å². The lowest BCUT2D eigenvalue weighted by molar-refractivity contribution is 0.270. The predicted octanol–water partition coefficient (Wildman–Crippen LogP) is 5.21. The van der Waals surface area contributed by atoms with E-state index in [1.807, 2.05) is 17.4 Å². The van der Waals surface area contributed by atoms with E-state index in [0.29, 0.717) is 5.92 Å². The van der Waals surface area contributed by atoms with Crippen LogP contribution in [-0.2, 0) is 6.54 Å². The molecule has 0 radical (unpaired) electrons. The summed E-state index contributed by atoms with van der Waals surface area (Å²) in [6.07, 6.45) is 1.99. The van der Waals surface area contributed by atoms with Gasteiger partial charge in [-0.25, -0.2) is 0 Å². The summed E-state index contributed by atoms with van der Waals surface area (Å²) in [5.74, 6) is 0.451. The van der Waals surface area contributed by atoms with Crippen LogP contribution in [0.1, 0.15) is 31.7 Å². The minimum atomic E-state index is 0.451. The normalized spacial score (nSPS) is 19.1. The second-order valence-electron chi connectivity index (χ2n) is 5.33. The minimum Gasteiger partial charge on any atom is -0.294 e. The summed E-state index contributed by atoms with van der Waals surface area (Å²) in [4.78, 5) is 6.69. The van der Waals surface area contributed by atoms with Gasteiger partial charge in [-0.3, -0.25) is 4.90 Å². The van der Waals surface area contributed by atoms with Gasteiger partial charge in [-0.05, 0) is 37.1 Å². The summed E-state index contributed by atoms with van der Waals surface area (Å²) in [6.45, 7) is 11.3. The van der Waals surface area contributed by atoms with E-state index in [9.17, 15) is 0 Å². The van der Waals surface area contributed by atoms with Crippen molar-refractivity contribution < 1.29 is 0 Å². The van der Waals surface area contributed by atoms with Crippen molar-refractivity contribution in [2.45, 2.75) is 26.3 Å². The average molecular weight is 324 g/mol. The zero-order chi connectivity index (χ0) is 14.3. The molecule has 1 atom stereocenters. The van der Waals surface area contributed by atoms with Crippen LogP contribution in [0, 0.1) is 13.8 Å². The Labute approximate surface area is 133 Å². The van der Waals surface area contributed by atoms with Crippen LogP contribution in [-0.4, -0.2) is 18.0 Å². The lowest BCUT2D eigenvalue weighted by Crippen LogP contribution is -2.33. The number of halogens is 1. The molecule has 3 heterocycles. The molecule has 20 heavy (non-hydrogen) atoms. The van der Waals surface area contributed by atoms with Crippen LogP contribution in [0.3, 0.4) is 0 Å². The van der Waals surface area contributed by atoms with Crippen LogP contribution in [0.4, 0.5) is 0 Å². The van der Waals surface area contributed by atoms with Gasteiger partial charge in [-0.15, -0.1) is 29.3 Å². The third kappa shape index (κ3) is 2.60. The highest BCUT2D eigenvalue weighted by molar-refractivity contribution is 7.16. The molecule has 3 rings (SSSR count). The maximum atomic E-state index is 6.26. The fourth-order valence-electron chi connectivity index (χ4n) is 3.04. The number of rotatable bonds is 3. The second kappa shape index (κ2) is 5.64. The number of hydrogen-bond donors (Lipinski definition) is 0. The van der Waals surface area contributed by atoms with E-state index in [1.165, 1.54) is 25.8 Å². The summed E-state index contributed by atoms with van der Waals surface area (Å²) in [5, 5.41) is 0. The van der Waals surface area contributed by atoms with Crippen molar-refractivity contribution in [2.24, 2.45) is 0 Å². The first-order valence-electron chi connectivity index (χ1n) is 6.76. The van der Waals surface area contributed by atoms with Crippen LogP contribution in [0.25, 0.3) is 0 Å². The summed E-state index contributed by atoms with van der Waals surface area (Å²) in [5.41, 5.74) is 2.90. The highest BCUT2D eigenvalue weighted by Crippen LogP contribution is 2.42. The lowest BCUT2D eigenvalue weighted by atomic mass is 9.88. The Bertz CT molecular complexity index is 641. The largest absolute Gasteiger partial charge is 0.294 e. The molecular weight excluding hydrogens is 306 g/mol. The topological polar surface area (TPSA) is 3.24 Å². The molecule has 0 N–H and O–H groups in total. The van der Waals surface area contributed by atoms with Gasteiger partial charge >= 0.3 is 0 Å². The van der Waals surface area contributed by atoms with E-state index in [0.717, 1.165) is 24.0 Å². The third-order valence-corrected chi connectivity index (χ3v) is 6.08. The number of hydrogen-bond acceptors (Lipinski definition) is 3. The van der Waals surface area contributed by atoms with E-state index >= 15 is 0 Å². The number of fused-ring (bicyclic) bond motifs is 1. The average Bonchev–Trinajstić information content (AvgIpc) is 2.90. The molecule has 0 amide bonds. The molecule has 0 spiro atoms. The fraction of sp³-hybridized carbons (Fsp3) is 0.375. The van der Waals surface area contributed by atoms with Crippen molar-refractivity contribution in [1.29, 1.82) is 0 Å². The molecule has 1 unspecified atom stereocenters. The van der Waals surface area contributed by atoms with E-state index in [2.05, 4.69) is 37.5 Å². The highest BCUT2D eigenvalue weighted by atomic mass is 35.5. The predicted molar refractivity (Wildman–Crippen MR) is 90.4 cm³/mol. The van der Waals surface area contributed by atoms with E-state index in [-0.39, 0.29) is 0 Å². The smallest absolute Gasteiger partial charge is 0.0934 e. The standard InChI is InChI=1S/C16H18ClNS2/c1-4-5-18-8-14(12-6-10(2)19-11(12)3)13-7-16(17)20-15(13)9-18/h4,6-7,14H,1,5,8-9H2,2-3H3. The van der Waals surface area contributed by atoms with E-state index in [1.54, 1.807) is 11.3 Å². The second-order valence-corrected chi connectivity index (χ2v) is 8.56. The van der Waals surface area contributed by atoms with Crippen molar-refractivity contribution in [3.63, 3.8) is 0 Å². The Morgan fingerprint density at radius 2 is 2.15 bits per heavy atom. The summed E-state index contributed by atoms with van der Waals surface area (Å²) in [7, 11) is 0. The van der Waals surface area contributed by atoms with Gasteiger partial charge in [0.25, 0.3) is 0 Å². The molecule has 106 valence electrons. The molecule has 1 nitrogen and oxygen atoms in total. The molecule has 0 saturated heterocycles. The first-order valence-corrected chi connectivity index (χ1v) is 8.78. The molecular formula is C16H18ClNS2. The van der Waals surface area contributed by atoms with Gasteiger partial charge in [-0.2, -0.15) is 0 Å². The monoisotopic (exact) mass is 323 g/mol. The molecule has 1 aliphatic rings. The van der Waals surface area contributed by atoms with E-state index < -0.39 is 0 Å². The minimum absolute atomic E-state index is 0.451. The Hall–Kier alpha value is -0.610. The van der Waals surface area contributed by atoms with Crippen molar-refractivity contribution in [3.05, 3.63) is 54.9 Å². The number of thiophene rings is 2. The van der Waals surface area contributed by atoms with Crippen LogP contribution < -0.4 is 0 Å². The molecule has 2 aromatic rings. The van der Waals surface area contributed by atoms with Crippen molar-refractivity contribution in [1.82, 2.24) is 4.90 Å². The van der Waals surface area contributed by atoms with Gasteiger partial charge in [0.1, 0.15) is 0 Å². The first-order chi connectivity index (χ1) is 9.58.